The minimum Gasteiger partial charge on any atom is -0.456 e. The Hall–Kier alpha value is -4.96. The number of benzene rings is 7. The molecule has 2 aliphatic heterocycles. The second-order valence-electron chi connectivity index (χ2n) is 16.9. The van der Waals surface area contributed by atoms with Crippen LogP contribution in [0.4, 0.5) is 0 Å². The number of para-hydroxylation sites is 1. The molecule has 0 amide bonds. The van der Waals surface area contributed by atoms with Gasteiger partial charge in [-0.15, -0.1) is 0 Å². The molecule has 0 bridgehead atoms. The van der Waals surface area contributed by atoms with Crippen LogP contribution in [0.3, 0.4) is 0 Å². The second kappa shape index (κ2) is 11.1. The molecule has 2 aliphatic carbocycles. The van der Waals surface area contributed by atoms with Crippen LogP contribution in [0.15, 0.2) is 153 Å². The Morgan fingerprint density at radius 3 is 1.63 bits per heavy atom. The molecule has 11 rings (SSSR count). The monoisotopic (exact) mass is 732 g/mol. The molecule has 0 aromatic heterocycles. The van der Waals surface area contributed by atoms with E-state index in [0.717, 1.165) is 11.5 Å². The van der Waals surface area contributed by atoms with Crippen molar-refractivity contribution in [1.29, 1.82) is 0 Å². The van der Waals surface area contributed by atoms with E-state index in [4.69, 9.17) is 4.74 Å². The maximum absolute atomic E-state index is 6.79. The Bertz CT molecular complexity index is 2780. The first-order chi connectivity index (χ1) is 26.0. The predicted molar refractivity (Wildman–Crippen MR) is 226 cm³/mol. The highest BCUT2D eigenvalue weighted by molar-refractivity contribution is 8.05. The zero-order valence-corrected chi connectivity index (χ0v) is 33.1. The van der Waals surface area contributed by atoms with Crippen LogP contribution in [0.25, 0.3) is 44.5 Å². The third-order valence-corrected chi connectivity index (χ3v) is 15.4. The van der Waals surface area contributed by atoms with E-state index in [1.807, 2.05) is 23.5 Å². The smallest absolute Gasteiger partial charge is 0.139 e. The summed E-state index contributed by atoms with van der Waals surface area (Å²) in [5, 5.41) is 0. The first kappa shape index (κ1) is 32.5. The molecule has 7 aromatic carbocycles. The van der Waals surface area contributed by atoms with Gasteiger partial charge in [-0.3, -0.25) is 0 Å². The third-order valence-electron chi connectivity index (χ3n) is 12.8. The Balaban J connectivity index is 0.971. The molecular weight excluding hydrogens is 693 g/mol. The van der Waals surface area contributed by atoms with Crippen LogP contribution in [0.1, 0.15) is 74.9 Å². The molecule has 4 aliphatic rings. The summed E-state index contributed by atoms with van der Waals surface area (Å²) in [5.41, 5.74) is 17.9. The largest absolute Gasteiger partial charge is 0.456 e. The van der Waals surface area contributed by atoms with Crippen LogP contribution in [0.2, 0.25) is 0 Å². The van der Waals surface area contributed by atoms with Crippen molar-refractivity contribution in [3.05, 3.63) is 167 Å². The molecular formula is C51H40OS2. The van der Waals surface area contributed by atoms with Gasteiger partial charge in [-0.05, 0) is 98.1 Å². The van der Waals surface area contributed by atoms with Crippen LogP contribution in [-0.2, 0) is 16.2 Å². The second-order valence-corrected chi connectivity index (χ2v) is 19.0. The van der Waals surface area contributed by atoms with Crippen molar-refractivity contribution in [2.75, 3.05) is 0 Å². The highest BCUT2D eigenvalue weighted by Gasteiger charge is 2.43. The Kier molecular flexibility index (Phi) is 6.65. The topological polar surface area (TPSA) is 9.23 Å². The average Bonchev–Trinajstić information content (AvgIpc) is 3.56. The lowest BCUT2D eigenvalue weighted by molar-refractivity contribution is 0.419. The highest BCUT2D eigenvalue weighted by atomic mass is 32.2. The van der Waals surface area contributed by atoms with Gasteiger partial charge in [0.1, 0.15) is 11.5 Å². The zero-order valence-electron chi connectivity index (χ0n) is 31.4. The van der Waals surface area contributed by atoms with Crippen LogP contribution in [-0.4, -0.2) is 0 Å². The van der Waals surface area contributed by atoms with E-state index < -0.39 is 0 Å². The first-order valence-electron chi connectivity index (χ1n) is 19.0. The first-order valence-corrected chi connectivity index (χ1v) is 20.6. The van der Waals surface area contributed by atoms with Gasteiger partial charge in [0.2, 0.25) is 0 Å². The van der Waals surface area contributed by atoms with Gasteiger partial charge < -0.3 is 4.74 Å². The van der Waals surface area contributed by atoms with Gasteiger partial charge in [-0.25, -0.2) is 0 Å². The van der Waals surface area contributed by atoms with Crippen molar-refractivity contribution in [2.45, 2.75) is 77.4 Å². The predicted octanol–water partition coefficient (Wildman–Crippen LogP) is 14.7. The molecule has 3 heteroatoms. The van der Waals surface area contributed by atoms with Gasteiger partial charge in [0.25, 0.3) is 0 Å². The molecule has 0 N–H and O–H groups in total. The van der Waals surface area contributed by atoms with Crippen LogP contribution < -0.4 is 4.74 Å². The van der Waals surface area contributed by atoms with Crippen molar-refractivity contribution in [1.82, 2.24) is 0 Å². The minimum absolute atomic E-state index is 0.0870. The summed E-state index contributed by atoms with van der Waals surface area (Å²) >= 11 is 3.84. The molecule has 7 aromatic rings. The van der Waals surface area contributed by atoms with Crippen molar-refractivity contribution < 1.29 is 4.74 Å². The Morgan fingerprint density at radius 2 is 0.926 bits per heavy atom. The quantitative estimate of drug-likeness (QED) is 0.175. The lowest BCUT2D eigenvalue weighted by Crippen LogP contribution is -2.25. The maximum Gasteiger partial charge on any atom is 0.139 e. The van der Waals surface area contributed by atoms with Crippen LogP contribution in [0, 0.1) is 0 Å². The summed E-state index contributed by atoms with van der Waals surface area (Å²) in [6, 6.07) is 50.1. The molecule has 2 heterocycles. The zero-order chi connectivity index (χ0) is 36.7. The maximum atomic E-state index is 6.79. The fraction of sp³-hybridized carbons (Fsp3) is 0.176. The highest BCUT2D eigenvalue weighted by Crippen LogP contribution is 2.60. The molecule has 0 spiro atoms. The van der Waals surface area contributed by atoms with Crippen molar-refractivity contribution in [2.24, 2.45) is 0 Å². The normalized spacial score (nSPS) is 16.8. The van der Waals surface area contributed by atoms with Crippen LogP contribution >= 0.6 is 23.5 Å². The number of ether oxygens (including phenoxy) is 1. The summed E-state index contributed by atoms with van der Waals surface area (Å²) in [4.78, 5) is 5.46. The van der Waals surface area contributed by atoms with Gasteiger partial charge in [-0.2, -0.15) is 0 Å². The Labute approximate surface area is 326 Å². The summed E-state index contributed by atoms with van der Waals surface area (Å²) in [7, 11) is 0. The molecule has 0 fully saturated rings. The molecule has 262 valence electrons. The van der Waals surface area contributed by atoms with Gasteiger partial charge in [-0.1, -0.05) is 156 Å². The van der Waals surface area contributed by atoms with Crippen LogP contribution in [0.5, 0.6) is 11.5 Å². The number of fused-ring (bicyclic) bond motifs is 12. The fourth-order valence-corrected chi connectivity index (χ4v) is 12.2. The van der Waals surface area contributed by atoms with Crippen molar-refractivity contribution in [3.8, 4) is 56.0 Å². The van der Waals surface area contributed by atoms with E-state index in [1.165, 1.54) is 97.5 Å². The standard InChI is InChI=1S/C51H40OS2/c1-49(2)35-14-7-8-15-41(35)52-47-38(49)23-22-36-45(47)33-20-18-31(27-39(33)50(36,3)4)29-12-11-13-30(26-29)32-19-21-34-40(28-32)51(5,6)37-24-25-44-48(46(34)37)54-43-17-10-9-16-42(43)53-44/h7-28H,1-6H3. The third kappa shape index (κ3) is 4.37. The van der Waals surface area contributed by atoms with E-state index in [9.17, 15) is 0 Å². The fourth-order valence-electron chi connectivity index (χ4n) is 9.76. The average molecular weight is 733 g/mol. The summed E-state index contributed by atoms with van der Waals surface area (Å²) < 4.78 is 6.79. The Morgan fingerprint density at radius 1 is 0.389 bits per heavy atom. The molecule has 0 radical (unpaired) electrons. The van der Waals surface area contributed by atoms with Gasteiger partial charge in [0.05, 0.1) is 0 Å². The lowest BCUT2D eigenvalue weighted by atomic mass is 9.74. The van der Waals surface area contributed by atoms with E-state index in [-0.39, 0.29) is 16.2 Å². The summed E-state index contributed by atoms with van der Waals surface area (Å²) in [5.74, 6) is 1.98. The van der Waals surface area contributed by atoms with Gasteiger partial charge in [0.15, 0.2) is 0 Å². The molecule has 0 saturated heterocycles. The van der Waals surface area contributed by atoms with E-state index in [1.54, 1.807) is 0 Å². The minimum atomic E-state index is -0.156. The van der Waals surface area contributed by atoms with E-state index >= 15 is 0 Å². The number of rotatable bonds is 2. The molecule has 0 atom stereocenters. The molecule has 0 unspecified atom stereocenters. The number of hydrogen-bond acceptors (Lipinski definition) is 3. The van der Waals surface area contributed by atoms with Gasteiger partial charge >= 0.3 is 0 Å². The molecule has 1 nitrogen and oxygen atoms in total. The van der Waals surface area contributed by atoms with Crippen molar-refractivity contribution >= 4 is 23.5 Å². The SMILES string of the molecule is CC1(C)c2ccccc2Oc2c1ccc1c2-c2ccc(-c3cccc(-c4ccc5c(c4)C(C)(C)c4ccc6c(c4-5)Sc4ccccc4S6)c3)cc2C1(C)C. The summed E-state index contributed by atoms with van der Waals surface area (Å²) in [6.07, 6.45) is 0. The lowest BCUT2D eigenvalue weighted by Gasteiger charge is -2.36. The van der Waals surface area contributed by atoms with E-state index in [0.29, 0.717) is 0 Å². The summed E-state index contributed by atoms with van der Waals surface area (Å²) in [6.45, 7) is 14.2. The van der Waals surface area contributed by atoms with Crippen molar-refractivity contribution in [3.63, 3.8) is 0 Å². The molecule has 0 saturated carbocycles. The van der Waals surface area contributed by atoms with Gasteiger partial charge in [0, 0.05) is 58.1 Å². The molecule has 54 heavy (non-hydrogen) atoms. The number of hydrogen-bond donors (Lipinski definition) is 0. The van der Waals surface area contributed by atoms with E-state index in [2.05, 4.69) is 175 Å².